The molecular formula is C10H12N2O. The van der Waals surface area contributed by atoms with Gasteiger partial charge in [-0.2, -0.15) is 0 Å². The van der Waals surface area contributed by atoms with Crippen molar-refractivity contribution in [1.29, 1.82) is 0 Å². The van der Waals surface area contributed by atoms with Crippen molar-refractivity contribution in [3.05, 3.63) is 29.6 Å². The van der Waals surface area contributed by atoms with Gasteiger partial charge in [0.25, 0.3) is 0 Å². The molecule has 1 aromatic rings. The van der Waals surface area contributed by atoms with E-state index in [9.17, 15) is 4.79 Å². The van der Waals surface area contributed by atoms with E-state index in [1.54, 1.807) is 0 Å². The van der Waals surface area contributed by atoms with Gasteiger partial charge in [-0.1, -0.05) is 6.58 Å². The molecule has 1 aliphatic rings. The molecule has 68 valence electrons. The highest BCUT2D eigenvalue weighted by Crippen LogP contribution is 2.27. The summed E-state index contributed by atoms with van der Waals surface area (Å²) in [5.74, 6) is 0. The Labute approximate surface area is 77.1 Å². The summed E-state index contributed by atoms with van der Waals surface area (Å²) in [5.41, 5.74) is 3.88. The lowest BCUT2D eigenvalue weighted by molar-refractivity contribution is 0.111. The number of aromatic amines is 1. The van der Waals surface area contributed by atoms with Gasteiger partial charge in [0.1, 0.15) is 0 Å². The van der Waals surface area contributed by atoms with Crippen molar-refractivity contribution in [1.82, 2.24) is 9.88 Å². The van der Waals surface area contributed by atoms with Crippen molar-refractivity contribution in [2.45, 2.75) is 6.42 Å². The van der Waals surface area contributed by atoms with Crippen LogP contribution in [0.5, 0.6) is 0 Å². The van der Waals surface area contributed by atoms with Crippen LogP contribution in [0.4, 0.5) is 0 Å². The first-order chi connectivity index (χ1) is 6.24. The average molecular weight is 176 g/mol. The van der Waals surface area contributed by atoms with Crippen molar-refractivity contribution in [2.75, 3.05) is 13.6 Å². The van der Waals surface area contributed by atoms with Gasteiger partial charge < -0.3 is 9.88 Å². The topological polar surface area (TPSA) is 36.1 Å². The van der Waals surface area contributed by atoms with Gasteiger partial charge in [-0.3, -0.25) is 4.79 Å². The minimum atomic E-state index is 0.698. The van der Waals surface area contributed by atoms with E-state index in [0.717, 1.165) is 36.1 Å². The first-order valence-corrected chi connectivity index (χ1v) is 4.30. The Morgan fingerprint density at radius 2 is 2.46 bits per heavy atom. The molecule has 0 spiro atoms. The van der Waals surface area contributed by atoms with Crippen LogP contribution in [0.3, 0.4) is 0 Å². The summed E-state index contributed by atoms with van der Waals surface area (Å²) in [7, 11) is 2.01. The summed E-state index contributed by atoms with van der Waals surface area (Å²) in [6.07, 6.45) is 3.65. The number of hydrogen-bond donors (Lipinski definition) is 1. The number of aromatic nitrogens is 1. The monoisotopic (exact) mass is 176 g/mol. The van der Waals surface area contributed by atoms with Gasteiger partial charge >= 0.3 is 0 Å². The second kappa shape index (κ2) is 2.76. The van der Waals surface area contributed by atoms with Gasteiger partial charge in [-0.15, -0.1) is 0 Å². The number of nitrogens with zero attached hydrogens (tertiary/aromatic N) is 1. The molecule has 0 fully saturated rings. The highest BCUT2D eigenvalue weighted by molar-refractivity contribution is 5.80. The summed E-state index contributed by atoms with van der Waals surface area (Å²) < 4.78 is 0. The van der Waals surface area contributed by atoms with Crippen LogP contribution in [0, 0.1) is 0 Å². The average Bonchev–Trinajstić information content (AvgIpc) is 2.55. The first-order valence-electron chi connectivity index (χ1n) is 4.30. The predicted octanol–water partition coefficient (Wildman–Crippen LogP) is 1.29. The van der Waals surface area contributed by atoms with E-state index in [2.05, 4.69) is 16.5 Å². The maximum Gasteiger partial charge on any atom is 0.166 e. The normalized spacial score (nSPS) is 15.8. The van der Waals surface area contributed by atoms with Crippen molar-refractivity contribution in [3.63, 3.8) is 0 Å². The number of aldehydes is 1. The summed E-state index contributed by atoms with van der Waals surface area (Å²) in [6.45, 7) is 4.91. The highest BCUT2D eigenvalue weighted by atomic mass is 16.1. The molecule has 1 aromatic heterocycles. The lowest BCUT2D eigenvalue weighted by Gasteiger charge is -2.26. The van der Waals surface area contributed by atoms with E-state index in [0.29, 0.717) is 5.69 Å². The third-order valence-electron chi connectivity index (χ3n) is 2.61. The van der Waals surface area contributed by atoms with E-state index in [4.69, 9.17) is 0 Å². The minimum Gasteiger partial charge on any atom is -0.374 e. The Kier molecular flexibility index (Phi) is 1.72. The molecular weight excluding hydrogens is 164 g/mol. The molecule has 2 rings (SSSR count). The van der Waals surface area contributed by atoms with Gasteiger partial charge in [0.2, 0.25) is 0 Å². The first kappa shape index (κ1) is 8.10. The number of fused-ring (bicyclic) bond motifs is 1. The van der Waals surface area contributed by atoms with E-state index in [1.165, 1.54) is 0 Å². The molecule has 0 saturated carbocycles. The Hall–Kier alpha value is -1.51. The molecule has 0 aliphatic carbocycles. The van der Waals surface area contributed by atoms with Gasteiger partial charge in [0, 0.05) is 31.0 Å². The zero-order valence-electron chi connectivity index (χ0n) is 7.63. The standard InChI is InChI=1S/C10H12N2O/c1-7-9-5-11-10(6-13)8(9)3-4-12(7)2/h5-6,11H,1,3-4H2,2H3. The Morgan fingerprint density at radius 1 is 1.69 bits per heavy atom. The maximum atomic E-state index is 10.7. The number of carbonyl (C=O) groups excluding carboxylic acids is 1. The Bertz CT molecular complexity index is 365. The zero-order valence-corrected chi connectivity index (χ0v) is 7.63. The molecule has 0 amide bonds. The van der Waals surface area contributed by atoms with Crippen LogP contribution in [0.2, 0.25) is 0 Å². The number of hydrogen-bond acceptors (Lipinski definition) is 2. The molecule has 0 unspecified atom stereocenters. The second-order valence-electron chi connectivity index (χ2n) is 3.33. The molecule has 0 bridgehead atoms. The summed E-state index contributed by atoms with van der Waals surface area (Å²) in [4.78, 5) is 15.7. The van der Waals surface area contributed by atoms with Crippen LogP contribution >= 0.6 is 0 Å². The summed E-state index contributed by atoms with van der Waals surface area (Å²) in [6, 6.07) is 0. The van der Waals surface area contributed by atoms with Gasteiger partial charge in [-0.05, 0) is 12.0 Å². The quantitative estimate of drug-likeness (QED) is 0.654. The molecule has 0 atom stereocenters. The molecule has 13 heavy (non-hydrogen) atoms. The minimum absolute atomic E-state index is 0.698. The van der Waals surface area contributed by atoms with Gasteiger partial charge in [-0.25, -0.2) is 0 Å². The number of likely N-dealkylation sites (N-methyl/N-ethyl adjacent to an activating group) is 1. The molecule has 2 heterocycles. The number of carbonyl (C=O) groups is 1. The fourth-order valence-electron chi connectivity index (χ4n) is 1.72. The van der Waals surface area contributed by atoms with Crippen LogP contribution < -0.4 is 0 Å². The van der Waals surface area contributed by atoms with Gasteiger partial charge in [0.05, 0.1) is 5.69 Å². The van der Waals surface area contributed by atoms with Crippen molar-refractivity contribution >= 4 is 12.0 Å². The van der Waals surface area contributed by atoms with E-state index >= 15 is 0 Å². The predicted molar refractivity (Wildman–Crippen MR) is 51.5 cm³/mol. The third-order valence-corrected chi connectivity index (χ3v) is 2.61. The van der Waals surface area contributed by atoms with Crippen molar-refractivity contribution in [3.8, 4) is 0 Å². The molecule has 0 radical (unpaired) electrons. The highest BCUT2D eigenvalue weighted by Gasteiger charge is 2.20. The van der Waals surface area contributed by atoms with Crippen LogP contribution in [0.25, 0.3) is 5.70 Å². The van der Waals surface area contributed by atoms with Gasteiger partial charge in [0.15, 0.2) is 6.29 Å². The molecule has 0 saturated heterocycles. The zero-order chi connectivity index (χ0) is 9.42. The number of rotatable bonds is 1. The Morgan fingerprint density at radius 3 is 3.15 bits per heavy atom. The summed E-state index contributed by atoms with van der Waals surface area (Å²) >= 11 is 0. The lowest BCUT2D eigenvalue weighted by Crippen LogP contribution is -2.24. The smallest absolute Gasteiger partial charge is 0.166 e. The number of H-pyrrole nitrogens is 1. The van der Waals surface area contributed by atoms with E-state index in [-0.39, 0.29) is 0 Å². The molecule has 1 aliphatic heterocycles. The lowest BCUT2D eigenvalue weighted by atomic mass is 10.0. The van der Waals surface area contributed by atoms with Crippen molar-refractivity contribution in [2.24, 2.45) is 0 Å². The van der Waals surface area contributed by atoms with E-state index < -0.39 is 0 Å². The molecule has 3 nitrogen and oxygen atoms in total. The SMILES string of the molecule is C=C1c2c[nH]c(C=O)c2CCN1C. The van der Waals surface area contributed by atoms with Crippen LogP contribution in [-0.4, -0.2) is 29.8 Å². The maximum absolute atomic E-state index is 10.7. The molecule has 3 heteroatoms. The fourth-order valence-corrected chi connectivity index (χ4v) is 1.72. The summed E-state index contributed by atoms with van der Waals surface area (Å²) in [5, 5.41) is 0. The largest absolute Gasteiger partial charge is 0.374 e. The van der Waals surface area contributed by atoms with Crippen molar-refractivity contribution < 1.29 is 4.79 Å². The van der Waals surface area contributed by atoms with Crippen LogP contribution in [0.15, 0.2) is 12.8 Å². The molecule has 0 aromatic carbocycles. The fraction of sp³-hybridized carbons (Fsp3) is 0.300. The molecule has 1 N–H and O–H groups in total. The second-order valence-corrected chi connectivity index (χ2v) is 3.33. The van der Waals surface area contributed by atoms with Crippen LogP contribution in [-0.2, 0) is 6.42 Å². The van der Waals surface area contributed by atoms with E-state index in [1.807, 2.05) is 13.2 Å². The Balaban J connectivity index is 2.51. The number of nitrogens with one attached hydrogen (secondary N) is 1. The third kappa shape index (κ3) is 1.08. The van der Waals surface area contributed by atoms with Crippen LogP contribution in [0.1, 0.15) is 21.6 Å².